The van der Waals surface area contributed by atoms with E-state index >= 15 is 0 Å². The van der Waals surface area contributed by atoms with Gasteiger partial charge in [0.1, 0.15) is 23.0 Å². The number of hydrogen-bond donors (Lipinski definition) is 1. The summed E-state index contributed by atoms with van der Waals surface area (Å²) in [4.78, 5) is 19.6. The summed E-state index contributed by atoms with van der Waals surface area (Å²) in [5.74, 6) is -0.460. The summed E-state index contributed by atoms with van der Waals surface area (Å²) in [6, 6.07) is 6.27. The Kier molecular flexibility index (Phi) is 6.12. The molecule has 0 saturated heterocycles. The number of carbonyl (C=O) groups excluding carboxylic acids is 1. The molecular formula is C15H15Cl2N3O2. The first-order valence-electron chi connectivity index (χ1n) is 6.67. The molecule has 0 fully saturated rings. The van der Waals surface area contributed by atoms with Gasteiger partial charge in [-0.15, -0.1) is 0 Å². The molecule has 0 bridgehead atoms. The zero-order valence-electron chi connectivity index (χ0n) is 11.7. The summed E-state index contributed by atoms with van der Waals surface area (Å²) in [5.41, 5.74) is 7.58. The number of aryl methyl sites for hydroxylation is 1. The van der Waals surface area contributed by atoms with Gasteiger partial charge in [0.2, 0.25) is 0 Å². The molecule has 0 unspecified atom stereocenters. The van der Waals surface area contributed by atoms with Gasteiger partial charge in [-0.3, -0.25) is 9.78 Å². The fourth-order valence-electron chi connectivity index (χ4n) is 1.85. The van der Waals surface area contributed by atoms with Crippen LogP contribution in [0.25, 0.3) is 0 Å². The van der Waals surface area contributed by atoms with Crippen LogP contribution in [0.1, 0.15) is 17.5 Å². The van der Waals surface area contributed by atoms with Gasteiger partial charge in [-0.05, 0) is 48.2 Å². The molecule has 2 N–H and O–H groups in total. The molecule has 2 rings (SSSR count). The molecule has 116 valence electrons. The number of pyridine rings is 2. The summed E-state index contributed by atoms with van der Waals surface area (Å²) in [5, 5.41) is 0.501. The maximum Gasteiger partial charge on any atom is 0.323 e. The number of nitrogens with two attached hydrogens (primary N) is 1. The number of halogens is 2. The minimum atomic E-state index is -0.680. The number of nitrogens with zero attached hydrogens (tertiary/aromatic N) is 2. The first kappa shape index (κ1) is 16.7. The van der Waals surface area contributed by atoms with E-state index in [0.717, 1.165) is 5.56 Å². The van der Waals surface area contributed by atoms with Crippen molar-refractivity contribution in [1.29, 1.82) is 0 Å². The summed E-state index contributed by atoms with van der Waals surface area (Å²) in [6.45, 7) is 0.0593. The van der Waals surface area contributed by atoms with Crippen molar-refractivity contribution in [2.24, 2.45) is 5.73 Å². The molecule has 2 heterocycles. The second-order valence-electron chi connectivity index (χ2n) is 4.73. The highest BCUT2D eigenvalue weighted by atomic mass is 35.5. The molecule has 0 aliphatic heterocycles. The van der Waals surface area contributed by atoms with Crippen LogP contribution < -0.4 is 5.73 Å². The summed E-state index contributed by atoms with van der Waals surface area (Å²) >= 11 is 11.6. The monoisotopic (exact) mass is 339 g/mol. The highest BCUT2D eigenvalue weighted by Gasteiger charge is 2.15. The van der Waals surface area contributed by atoms with E-state index in [1.54, 1.807) is 24.5 Å². The van der Waals surface area contributed by atoms with Gasteiger partial charge in [0.25, 0.3) is 0 Å². The summed E-state index contributed by atoms with van der Waals surface area (Å²) < 4.78 is 5.17. The van der Waals surface area contributed by atoms with Gasteiger partial charge in [-0.1, -0.05) is 23.2 Å². The largest absolute Gasteiger partial charge is 0.460 e. The minimum absolute atomic E-state index is 0.0593. The maximum atomic E-state index is 11.9. The molecule has 0 aliphatic rings. The maximum absolute atomic E-state index is 11.9. The molecule has 0 saturated carbocycles. The van der Waals surface area contributed by atoms with Crippen LogP contribution >= 0.6 is 23.2 Å². The predicted molar refractivity (Wildman–Crippen MR) is 84.6 cm³/mol. The summed E-state index contributed by atoms with van der Waals surface area (Å²) in [7, 11) is 0. The van der Waals surface area contributed by atoms with Gasteiger partial charge in [0.05, 0.1) is 0 Å². The molecule has 22 heavy (non-hydrogen) atoms. The van der Waals surface area contributed by atoms with Crippen LogP contribution in [0, 0.1) is 0 Å². The van der Waals surface area contributed by atoms with Crippen molar-refractivity contribution < 1.29 is 9.53 Å². The zero-order chi connectivity index (χ0) is 15.9. The van der Waals surface area contributed by atoms with Crippen LogP contribution in [0.3, 0.4) is 0 Å². The Bertz CT molecular complexity index is 618. The molecule has 0 aromatic carbocycles. The van der Waals surface area contributed by atoms with E-state index in [2.05, 4.69) is 9.97 Å². The molecule has 0 radical (unpaired) electrons. The molecule has 0 aliphatic carbocycles. The SMILES string of the molecule is N[C@@H](CCc1ccncc1)C(=O)OCc1cc(Cl)nc(Cl)c1. The van der Waals surface area contributed by atoms with E-state index < -0.39 is 12.0 Å². The van der Waals surface area contributed by atoms with Crippen molar-refractivity contribution in [3.05, 3.63) is 58.1 Å². The lowest BCUT2D eigenvalue weighted by Crippen LogP contribution is -2.32. The number of rotatable bonds is 6. The molecule has 2 aromatic heterocycles. The van der Waals surface area contributed by atoms with Crippen molar-refractivity contribution in [2.75, 3.05) is 0 Å². The average molecular weight is 340 g/mol. The number of esters is 1. The Labute approximate surface area is 138 Å². The van der Waals surface area contributed by atoms with Gasteiger partial charge in [0, 0.05) is 12.4 Å². The van der Waals surface area contributed by atoms with Crippen LogP contribution in [0.2, 0.25) is 10.3 Å². The summed E-state index contributed by atoms with van der Waals surface area (Å²) in [6.07, 6.45) is 4.60. The second kappa shape index (κ2) is 8.08. The van der Waals surface area contributed by atoms with Crippen molar-refractivity contribution in [2.45, 2.75) is 25.5 Å². The van der Waals surface area contributed by atoms with E-state index in [-0.39, 0.29) is 16.9 Å². The quantitative estimate of drug-likeness (QED) is 0.646. The van der Waals surface area contributed by atoms with Crippen molar-refractivity contribution >= 4 is 29.2 Å². The average Bonchev–Trinajstić information content (AvgIpc) is 2.50. The molecule has 7 heteroatoms. The Morgan fingerprint density at radius 2 is 1.82 bits per heavy atom. The first-order valence-corrected chi connectivity index (χ1v) is 7.43. The molecule has 5 nitrogen and oxygen atoms in total. The Hall–Kier alpha value is -1.69. The molecule has 1 atom stereocenters. The Balaban J connectivity index is 1.81. The van der Waals surface area contributed by atoms with E-state index in [1.165, 1.54) is 0 Å². The second-order valence-corrected chi connectivity index (χ2v) is 5.50. The number of aromatic nitrogens is 2. The van der Waals surface area contributed by atoms with Crippen molar-refractivity contribution in [3.8, 4) is 0 Å². The minimum Gasteiger partial charge on any atom is -0.460 e. The van der Waals surface area contributed by atoms with Crippen LogP contribution in [0.4, 0.5) is 0 Å². The van der Waals surface area contributed by atoms with Crippen molar-refractivity contribution in [1.82, 2.24) is 9.97 Å². The van der Waals surface area contributed by atoms with Gasteiger partial charge in [-0.2, -0.15) is 0 Å². The van der Waals surface area contributed by atoms with E-state index in [0.29, 0.717) is 18.4 Å². The normalized spacial score (nSPS) is 12.0. The lowest BCUT2D eigenvalue weighted by molar-refractivity contribution is -0.146. The predicted octanol–water partition coefficient (Wildman–Crippen LogP) is 2.79. The van der Waals surface area contributed by atoms with Gasteiger partial charge in [0.15, 0.2) is 0 Å². The standard InChI is InChI=1S/C15H15Cl2N3O2/c16-13-7-11(8-14(17)20-13)9-22-15(21)12(18)2-1-10-3-5-19-6-4-10/h3-8,12H,1-2,9,18H2/t12-/m0/s1. The third-order valence-corrected chi connectivity index (χ3v) is 3.39. The van der Waals surface area contributed by atoms with Gasteiger partial charge >= 0.3 is 5.97 Å². The topological polar surface area (TPSA) is 78.1 Å². The van der Waals surface area contributed by atoms with Gasteiger partial charge < -0.3 is 10.5 Å². The van der Waals surface area contributed by atoms with Crippen molar-refractivity contribution in [3.63, 3.8) is 0 Å². The highest BCUT2D eigenvalue weighted by Crippen LogP contribution is 2.15. The zero-order valence-corrected chi connectivity index (χ0v) is 13.2. The molecule has 0 spiro atoms. The number of ether oxygens (including phenoxy) is 1. The van der Waals surface area contributed by atoms with E-state index in [1.807, 2.05) is 12.1 Å². The van der Waals surface area contributed by atoms with E-state index in [9.17, 15) is 4.79 Å². The highest BCUT2D eigenvalue weighted by molar-refractivity contribution is 6.32. The van der Waals surface area contributed by atoms with Crippen LogP contribution in [-0.2, 0) is 22.6 Å². The molecule has 0 amide bonds. The van der Waals surface area contributed by atoms with Gasteiger partial charge in [-0.25, -0.2) is 4.98 Å². The lowest BCUT2D eigenvalue weighted by Gasteiger charge is -2.11. The third kappa shape index (κ3) is 5.26. The fraction of sp³-hybridized carbons (Fsp3) is 0.267. The fourth-order valence-corrected chi connectivity index (χ4v) is 2.35. The number of carbonyl (C=O) groups is 1. The smallest absolute Gasteiger partial charge is 0.323 e. The number of hydrogen-bond acceptors (Lipinski definition) is 5. The van der Waals surface area contributed by atoms with Crippen LogP contribution in [0.15, 0.2) is 36.7 Å². The Morgan fingerprint density at radius 3 is 2.45 bits per heavy atom. The van der Waals surface area contributed by atoms with Crippen LogP contribution in [-0.4, -0.2) is 22.0 Å². The third-order valence-electron chi connectivity index (χ3n) is 3.00. The van der Waals surface area contributed by atoms with E-state index in [4.69, 9.17) is 33.7 Å². The molecular weight excluding hydrogens is 325 g/mol. The Morgan fingerprint density at radius 1 is 1.18 bits per heavy atom. The molecule has 2 aromatic rings. The first-order chi connectivity index (χ1) is 10.5. The lowest BCUT2D eigenvalue weighted by atomic mass is 10.1. The van der Waals surface area contributed by atoms with Crippen LogP contribution in [0.5, 0.6) is 0 Å².